The maximum absolute atomic E-state index is 13.6. The van der Waals surface area contributed by atoms with E-state index >= 15 is 0 Å². The molecule has 0 aromatic heterocycles. The number of hydrogen-bond acceptors (Lipinski definition) is 4. The summed E-state index contributed by atoms with van der Waals surface area (Å²) in [5, 5.41) is 3.19. The Balaban J connectivity index is 1.51. The van der Waals surface area contributed by atoms with Gasteiger partial charge in [0.25, 0.3) is 0 Å². The molecule has 0 saturated carbocycles. The number of benzene rings is 2. The topological polar surface area (TPSA) is 64.6 Å². The van der Waals surface area contributed by atoms with Crippen molar-refractivity contribution in [1.29, 1.82) is 0 Å². The van der Waals surface area contributed by atoms with E-state index in [1.165, 1.54) is 18.2 Å². The van der Waals surface area contributed by atoms with Crippen molar-refractivity contribution in [1.82, 2.24) is 5.32 Å². The van der Waals surface area contributed by atoms with Crippen LogP contribution in [0.4, 0.5) is 0 Å². The minimum absolute atomic E-state index is 0.0799. The van der Waals surface area contributed by atoms with Gasteiger partial charge in [-0.25, -0.2) is 0 Å². The fraction of sp³-hybridized carbons (Fsp3) is 0.448. The molecule has 5 nitrogen and oxygen atoms in total. The van der Waals surface area contributed by atoms with Crippen molar-refractivity contribution < 1.29 is 19.1 Å². The molecule has 1 amide bonds. The molecule has 1 fully saturated rings. The highest BCUT2D eigenvalue weighted by molar-refractivity contribution is 9.10. The van der Waals surface area contributed by atoms with Crippen LogP contribution < -0.4 is 5.32 Å². The summed E-state index contributed by atoms with van der Waals surface area (Å²) in [6.45, 7) is 5.29. The standard InChI is InChI=1S/C29H34BrNO4/c1-19-17-23(14-16-35-15-13-21-9-11-24(30)12-10-21)29(28(33)34-3)26(20(19)2)25(31-27(29)32)18-22-7-5-4-6-8-22/h4-12,17,20,23,25-26H,13-16,18H2,1-3H3,(H,31,32)/t20-,23+,25+,26+,29-/m1/s1. The Morgan fingerprint density at radius 3 is 2.46 bits per heavy atom. The zero-order valence-electron chi connectivity index (χ0n) is 20.6. The first-order valence-electron chi connectivity index (χ1n) is 12.3. The van der Waals surface area contributed by atoms with Gasteiger partial charge in [0.2, 0.25) is 5.91 Å². The number of rotatable bonds is 9. The summed E-state index contributed by atoms with van der Waals surface area (Å²) in [4.78, 5) is 27.0. The maximum Gasteiger partial charge on any atom is 0.322 e. The third kappa shape index (κ3) is 5.10. The SMILES string of the molecule is COC(=O)[C@@]12C(=O)N[C@@H](Cc3ccccc3)[C@@H]1[C@H](C)C(C)=C[C@@H]2CCOCCc1ccc(Br)cc1. The van der Waals surface area contributed by atoms with Gasteiger partial charge in [-0.3, -0.25) is 9.59 Å². The number of hydrogen-bond donors (Lipinski definition) is 1. The zero-order valence-corrected chi connectivity index (χ0v) is 22.2. The predicted molar refractivity (Wildman–Crippen MR) is 140 cm³/mol. The molecule has 6 heteroatoms. The van der Waals surface area contributed by atoms with E-state index in [1.807, 2.05) is 30.3 Å². The lowest BCUT2D eigenvalue weighted by atomic mass is 9.56. The molecule has 4 rings (SSSR count). The van der Waals surface area contributed by atoms with Gasteiger partial charge in [-0.05, 0) is 55.4 Å². The first kappa shape index (κ1) is 25.6. The molecule has 186 valence electrons. The van der Waals surface area contributed by atoms with E-state index in [-0.39, 0.29) is 29.7 Å². The van der Waals surface area contributed by atoms with Gasteiger partial charge in [0.15, 0.2) is 5.41 Å². The molecular formula is C29H34BrNO4. The number of nitrogens with one attached hydrogen (secondary N) is 1. The van der Waals surface area contributed by atoms with Crippen molar-refractivity contribution in [3.63, 3.8) is 0 Å². The van der Waals surface area contributed by atoms with Crippen molar-refractivity contribution in [2.24, 2.45) is 23.2 Å². The molecule has 2 aromatic carbocycles. The second-order valence-corrected chi connectivity index (χ2v) is 10.7. The largest absolute Gasteiger partial charge is 0.468 e. The molecule has 0 spiro atoms. The molecule has 0 unspecified atom stereocenters. The average molecular weight is 540 g/mol. The first-order chi connectivity index (χ1) is 16.9. The van der Waals surface area contributed by atoms with Gasteiger partial charge in [-0.15, -0.1) is 0 Å². The van der Waals surface area contributed by atoms with Crippen LogP contribution in [0.2, 0.25) is 0 Å². The summed E-state index contributed by atoms with van der Waals surface area (Å²) < 4.78 is 12.3. The van der Waals surface area contributed by atoms with Crippen LogP contribution >= 0.6 is 15.9 Å². The van der Waals surface area contributed by atoms with E-state index in [9.17, 15) is 9.59 Å². The summed E-state index contributed by atoms with van der Waals surface area (Å²) in [5.74, 6) is -1.03. The van der Waals surface area contributed by atoms with Gasteiger partial charge in [0, 0.05) is 29.0 Å². The van der Waals surface area contributed by atoms with Crippen LogP contribution in [0.15, 0.2) is 70.7 Å². The number of fused-ring (bicyclic) bond motifs is 1. The summed E-state index contributed by atoms with van der Waals surface area (Å²) in [6.07, 6.45) is 4.19. The summed E-state index contributed by atoms with van der Waals surface area (Å²) in [7, 11) is 1.38. The van der Waals surface area contributed by atoms with Crippen LogP contribution in [0, 0.1) is 23.2 Å². The van der Waals surface area contributed by atoms with Crippen molar-refractivity contribution in [3.8, 4) is 0 Å². The van der Waals surface area contributed by atoms with Crippen molar-refractivity contribution >= 4 is 27.8 Å². The molecule has 1 N–H and O–H groups in total. The van der Waals surface area contributed by atoms with Gasteiger partial charge in [-0.1, -0.05) is 77.0 Å². The fourth-order valence-electron chi connectivity index (χ4n) is 5.95. The molecule has 1 aliphatic heterocycles. The van der Waals surface area contributed by atoms with Crippen molar-refractivity contribution in [2.75, 3.05) is 20.3 Å². The summed E-state index contributed by atoms with van der Waals surface area (Å²) >= 11 is 3.46. The van der Waals surface area contributed by atoms with E-state index < -0.39 is 11.4 Å². The minimum atomic E-state index is -1.23. The van der Waals surface area contributed by atoms with E-state index in [0.717, 1.165) is 16.5 Å². The summed E-state index contributed by atoms with van der Waals surface area (Å²) in [5.41, 5.74) is 2.33. The second kappa shape index (κ2) is 11.1. The van der Waals surface area contributed by atoms with Crippen LogP contribution in [0.25, 0.3) is 0 Å². The Bertz CT molecular complexity index is 1070. The number of amides is 1. The van der Waals surface area contributed by atoms with Gasteiger partial charge in [0.1, 0.15) is 0 Å². The predicted octanol–water partition coefficient (Wildman–Crippen LogP) is 5.13. The smallest absolute Gasteiger partial charge is 0.322 e. The highest BCUT2D eigenvalue weighted by Crippen LogP contribution is 2.54. The number of allylic oxidation sites excluding steroid dienone is 2. The van der Waals surface area contributed by atoms with Crippen LogP contribution in [0.1, 0.15) is 31.4 Å². The molecule has 2 aromatic rings. The Kier molecular flexibility index (Phi) is 8.12. The first-order valence-corrected chi connectivity index (χ1v) is 13.1. The monoisotopic (exact) mass is 539 g/mol. The third-order valence-electron chi connectivity index (χ3n) is 7.80. The van der Waals surface area contributed by atoms with E-state index in [1.54, 1.807) is 0 Å². The molecule has 0 radical (unpaired) electrons. The van der Waals surface area contributed by atoms with E-state index in [4.69, 9.17) is 9.47 Å². The fourth-order valence-corrected chi connectivity index (χ4v) is 6.21. The van der Waals surface area contributed by atoms with Crippen LogP contribution in [-0.2, 0) is 31.9 Å². The molecule has 1 heterocycles. The van der Waals surface area contributed by atoms with Gasteiger partial charge >= 0.3 is 5.97 Å². The maximum atomic E-state index is 13.6. The Morgan fingerprint density at radius 2 is 1.77 bits per heavy atom. The van der Waals surface area contributed by atoms with Crippen LogP contribution in [0.3, 0.4) is 0 Å². The van der Waals surface area contributed by atoms with E-state index in [0.29, 0.717) is 26.1 Å². The molecule has 1 aliphatic carbocycles. The van der Waals surface area contributed by atoms with Crippen LogP contribution in [0.5, 0.6) is 0 Å². The zero-order chi connectivity index (χ0) is 25.0. The number of carbonyl (C=O) groups excluding carboxylic acids is 2. The normalized spacial score (nSPS) is 27.7. The molecule has 35 heavy (non-hydrogen) atoms. The van der Waals surface area contributed by atoms with E-state index in [2.05, 4.69) is 65.4 Å². The van der Waals surface area contributed by atoms with Gasteiger partial charge in [0.05, 0.1) is 13.7 Å². The number of halogens is 1. The molecular weight excluding hydrogens is 506 g/mol. The molecule has 1 saturated heterocycles. The Hall–Kier alpha value is -2.44. The number of methoxy groups -OCH3 is 1. The highest BCUT2D eigenvalue weighted by atomic mass is 79.9. The summed E-state index contributed by atoms with van der Waals surface area (Å²) in [6, 6.07) is 18.2. The third-order valence-corrected chi connectivity index (χ3v) is 8.33. The lowest BCUT2D eigenvalue weighted by Gasteiger charge is -2.44. The number of esters is 1. The van der Waals surface area contributed by atoms with Crippen LogP contribution in [-0.4, -0.2) is 38.2 Å². The molecule has 0 bridgehead atoms. The van der Waals surface area contributed by atoms with Crippen molar-refractivity contribution in [3.05, 3.63) is 81.8 Å². The van der Waals surface area contributed by atoms with Gasteiger partial charge < -0.3 is 14.8 Å². The second-order valence-electron chi connectivity index (χ2n) is 9.74. The lowest BCUT2D eigenvalue weighted by molar-refractivity contribution is -0.165. The quantitative estimate of drug-likeness (QED) is 0.207. The average Bonchev–Trinajstić information content (AvgIpc) is 3.15. The van der Waals surface area contributed by atoms with Gasteiger partial charge in [-0.2, -0.15) is 0 Å². The minimum Gasteiger partial charge on any atom is -0.468 e. The number of ether oxygens (including phenoxy) is 2. The lowest BCUT2D eigenvalue weighted by Crippen LogP contribution is -2.53. The Morgan fingerprint density at radius 1 is 1.06 bits per heavy atom. The molecule has 5 atom stereocenters. The molecule has 2 aliphatic rings. The van der Waals surface area contributed by atoms with Crippen molar-refractivity contribution in [2.45, 2.75) is 39.2 Å². The Labute approximate surface area is 216 Å². The number of carbonyl (C=O) groups is 2. The highest BCUT2D eigenvalue weighted by Gasteiger charge is 2.66.